The van der Waals surface area contributed by atoms with E-state index >= 15 is 0 Å². The summed E-state index contributed by atoms with van der Waals surface area (Å²) in [4.78, 5) is 28.0. The van der Waals surface area contributed by atoms with E-state index in [0.29, 0.717) is 27.6 Å². The van der Waals surface area contributed by atoms with Gasteiger partial charge in [0.1, 0.15) is 11.5 Å². The molecule has 6 nitrogen and oxygen atoms in total. The van der Waals surface area contributed by atoms with Gasteiger partial charge in [-0.05, 0) is 55.3 Å². The van der Waals surface area contributed by atoms with E-state index in [0.717, 1.165) is 33.7 Å². The molecule has 0 N–H and O–H groups in total. The molecule has 7 heteroatoms. The molecule has 36 heavy (non-hydrogen) atoms. The van der Waals surface area contributed by atoms with Crippen molar-refractivity contribution in [2.24, 2.45) is 0 Å². The second kappa shape index (κ2) is 9.09. The monoisotopic (exact) mass is 489 g/mol. The lowest BCUT2D eigenvalue weighted by molar-refractivity contribution is 0.794. The van der Waals surface area contributed by atoms with Gasteiger partial charge in [-0.25, -0.2) is 19.5 Å². The van der Waals surface area contributed by atoms with Gasteiger partial charge < -0.3 is 4.40 Å². The van der Waals surface area contributed by atoms with Gasteiger partial charge in [0.25, 0.3) is 5.56 Å². The van der Waals surface area contributed by atoms with Crippen LogP contribution in [0.3, 0.4) is 0 Å². The van der Waals surface area contributed by atoms with Gasteiger partial charge in [-0.2, -0.15) is 0 Å². The summed E-state index contributed by atoms with van der Waals surface area (Å²) >= 11 is 1.52. The Kier molecular flexibility index (Phi) is 5.62. The number of thioether (sulfide) groups is 1. The Labute approximate surface area is 212 Å². The van der Waals surface area contributed by atoms with E-state index in [1.54, 1.807) is 10.8 Å². The Morgan fingerprint density at radius 2 is 1.67 bits per heavy atom. The molecule has 0 spiro atoms. The number of fused-ring (bicyclic) bond motifs is 2. The van der Waals surface area contributed by atoms with Crippen LogP contribution in [0.2, 0.25) is 0 Å². The Morgan fingerprint density at radius 1 is 0.861 bits per heavy atom. The summed E-state index contributed by atoms with van der Waals surface area (Å²) in [5.41, 5.74) is 6.64. The molecule has 0 atom stereocenters. The largest absolute Gasteiger partial charge is 0.302 e. The predicted molar refractivity (Wildman–Crippen MR) is 145 cm³/mol. The van der Waals surface area contributed by atoms with E-state index in [1.165, 1.54) is 11.8 Å². The smallest absolute Gasteiger partial charge is 0.267 e. The molecular formula is C29H23N5OS. The second-order valence-electron chi connectivity index (χ2n) is 8.74. The molecule has 0 saturated carbocycles. The average molecular weight is 490 g/mol. The van der Waals surface area contributed by atoms with Gasteiger partial charge in [-0.1, -0.05) is 60.3 Å². The first-order chi connectivity index (χ1) is 17.6. The van der Waals surface area contributed by atoms with Crippen LogP contribution >= 0.6 is 11.8 Å². The van der Waals surface area contributed by atoms with E-state index < -0.39 is 0 Å². The molecule has 0 unspecified atom stereocenters. The molecule has 0 bridgehead atoms. The van der Waals surface area contributed by atoms with Crippen molar-refractivity contribution in [3.63, 3.8) is 0 Å². The number of aromatic nitrogens is 5. The first-order valence-electron chi connectivity index (χ1n) is 11.7. The minimum atomic E-state index is -0.126. The van der Waals surface area contributed by atoms with Crippen molar-refractivity contribution in [3.05, 3.63) is 118 Å². The molecule has 0 saturated heterocycles. The van der Waals surface area contributed by atoms with Crippen molar-refractivity contribution in [3.8, 4) is 17.1 Å². The van der Waals surface area contributed by atoms with Gasteiger partial charge in [-0.3, -0.25) is 4.79 Å². The third kappa shape index (κ3) is 3.97. The van der Waals surface area contributed by atoms with Crippen LogP contribution in [-0.2, 0) is 5.75 Å². The normalized spacial score (nSPS) is 11.4. The minimum Gasteiger partial charge on any atom is -0.302 e. The lowest BCUT2D eigenvalue weighted by Crippen LogP contribution is -2.22. The SMILES string of the molecule is Cc1ccnc(-n2c(SCc3c(-c4ccccc4)nc4ccc(C)cn34)nc3ccccc3c2=O)c1. The lowest BCUT2D eigenvalue weighted by Gasteiger charge is -2.13. The first kappa shape index (κ1) is 22.2. The molecule has 0 amide bonds. The quantitative estimate of drug-likeness (QED) is 0.219. The summed E-state index contributed by atoms with van der Waals surface area (Å²) in [7, 11) is 0. The summed E-state index contributed by atoms with van der Waals surface area (Å²) < 4.78 is 3.76. The fraction of sp³-hybridized carbons (Fsp3) is 0.103. The van der Waals surface area contributed by atoms with Gasteiger partial charge >= 0.3 is 0 Å². The predicted octanol–water partition coefficient (Wildman–Crippen LogP) is 6.00. The van der Waals surface area contributed by atoms with E-state index in [-0.39, 0.29) is 5.56 Å². The van der Waals surface area contributed by atoms with Gasteiger partial charge in [0, 0.05) is 23.7 Å². The highest BCUT2D eigenvalue weighted by Gasteiger charge is 2.18. The van der Waals surface area contributed by atoms with Crippen molar-refractivity contribution < 1.29 is 0 Å². The van der Waals surface area contributed by atoms with Crippen LogP contribution < -0.4 is 5.56 Å². The third-order valence-electron chi connectivity index (χ3n) is 6.13. The summed E-state index contributed by atoms with van der Waals surface area (Å²) in [5.74, 6) is 1.14. The van der Waals surface area contributed by atoms with E-state index in [2.05, 4.69) is 40.7 Å². The highest BCUT2D eigenvalue weighted by Crippen LogP contribution is 2.31. The molecular weight excluding hydrogens is 466 g/mol. The number of imidazole rings is 1. The lowest BCUT2D eigenvalue weighted by atomic mass is 10.1. The summed E-state index contributed by atoms with van der Waals surface area (Å²) in [6.45, 7) is 4.06. The molecule has 4 heterocycles. The summed E-state index contributed by atoms with van der Waals surface area (Å²) in [6.07, 6.45) is 3.83. The van der Waals surface area contributed by atoms with Crippen molar-refractivity contribution in [2.45, 2.75) is 24.8 Å². The Balaban J connectivity index is 1.51. The molecule has 0 aliphatic carbocycles. The average Bonchev–Trinajstić information content (AvgIpc) is 3.25. The number of benzene rings is 2. The van der Waals surface area contributed by atoms with Crippen molar-refractivity contribution in [1.82, 2.24) is 23.9 Å². The molecule has 6 aromatic rings. The zero-order valence-electron chi connectivity index (χ0n) is 19.9. The van der Waals surface area contributed by atoms with Crippen molar-refractivity contribution in [1.29, 1.82) is 0 Å². The second-order valence-corrected chi connectivity index (χ2v) is 9.68. The fourth-order valence-corrected chi connectivity index (χ4v) is 5.36. The summed E-state index contributed by atoms with van der Waals surface area (Å²) in [5, 5.41) is 1.17. The standard InChI is InChI=1S/C29H23N5OS/c1-19-14-15-30-26(16-19)34-28(35)22-10-6-7-11-23(22)31-29(34)36-18-24-27(21-8-4-3-5-9-21)32-25-13-12-20(2)17-33(24)25/h3-17H,18H2,1-2H3. The van der Waals surface area contributed by atoms with Crippen LogP contribution in [0.25, 0.3) is 33.6 Å². The number of para-hydroxylation sites is 1. The summed E-state index contributed by atoms with van der Waals surface area (Å²) in [6, 6.07) is 25.6. The van der Waals surface area contributed by atoms with Crippen molar-refractivity contribution in [2.75, 3.05) is 0 Å². The van der Waals surface area contributed by atoms with E-state index in [4.69, 9.17) is 9.97 Å². The number of hydrogen-bond donors (Lipinski definition) is 0. The fourth-order valence-electron chi connectivity index (χ4n) is 4.35. The zero-order chi connectivity index (χ0) is 24.6. The third-order valence-corrected chi connectivity index (χ3v) is 7.08. The molecule has 0 fully saturated rings. The molecule has 6 rings (SSSR count). The van der Waals surface area contributed by atoms with Crippen LogP contribution in [0.15, 0.2) is 101 Å². The Hall–Kier alpha value is -4.23. The van der Waals surface area contributed by atoms with Crippen LogP contribution in [0.4, 0.5) is 0 Å². The van der Waals surface area contributed by atoms with Crippen LogP contribution in [0, 0.1) is 13.8 Å². The van der Waals surface area contributed by atoms with E-state index in [1.807, 2.05) is 67.6 Å². The van der Waals surface area contributed by atoms with Gasteiger partial charge in [0.05, 0.1) is 22.3 Å². The van der Waals surface area contributed by atoms with Gasteiger partial charge in [-0.15, -0.1) is 0 Å². The van der Waals surface area contributed by atoms with Crippen LogP contribution in [-0.4, -0.2) is 23.9 Å². The molecule has 0 radical (unpaired) electrons. The number of pyridine rings is 2. The van der Waals surface area contributed by atoms with E-state index in [9.17, 15) is 4.79 Å². The van der Waals surface area contributed by atoms with Crippen LogP contribution in [0.5, 0.6) is 0 Å². The number of hydrogen-bond acceptors (Lipinski definition) is 5. The maximum atomic E-state index is 13.6. The molecule has 4 aromatic heterocycles. The Morgan fingerprint density at radius 3 is 2.50 bits per heavy atom. The number of nitrogens with zero attached hydrogens (tertiary/aromatic N) is 5. The Bertz CT molecular complexity index is 1790. The minimum absolute atomic E-state index is 0.126. The molecule has 0 aliphatic heterocycles. The van der Waals surface area contributed by atoms with Gasteiger partial charge in [0.15, 0.2) is 5.16 Å². The van der Waals surface area contributed by atoms with Crippen LogP contribution in [0.1, 0.15) is 16.8 Å². The van der Waals surface area contributed by atoms with Gasteiger partial charge in [0.2, 0.25) is 0 Å². The topological polar surface area (TPSA) is 65.1 Å². The van der Waals surface area contributed by atoms with Crippen molar-refractivity contribution >= 4 is 28.3 Å². The molecule has 2 aromatic carbocycles. The number of rotatable bonds is 5. The highest BCUT2D eigenvalue weighted by molar-refractivity contribution is 7.98. The first-order valence-corrected chi connectivity index (χ1v) is 12.7. The zero-order valence-corrected chi connectivity index (χ0v) is 20.7. The maximum absolute atomic E-state index is 13.6. The maximum Gasteiger partial charge on any atom is 0.267 e. The number of aryl methyl sites for hydroxylation is 2. The molecule has 0 aliphatic rings. The highest BCUT2D eigenvalue weighted by atomic mass is 32.2. The molecule has 176 valence electrons.